The molecule has 0 saturated carbocycles. The largest absolute Gasteiger partial charge is 0.369 e. The lowest BCUT2D eigenvalue weighted by atomic mass is 9.84. The lowest BCUT2D eigenvalue weighted by Gasteiger charge is -2.46. The van der Waals surface area contributed by atoms with E-state index >= 15 is 0 Å². The summed E-state index contributed by atoms with van der Waals surface area (Å²) < 4.78 is 0. The van der Waals surface area contributed by atoms with Gasteiger partial charge in [-0.25, -0.2) is 0 Å². The van der Waals surface area contributed by atoms with Crippen molar-refractivity contribution in [2.75, 3.05) is 35.6 Å². The molecule has 1 aromatic rings. The van der Waals surface area contributed by atoms with Crippen molar-refractivity contribution in [3.05, 3.63) is 24.3 Å². The summed E-state index contributed by atoms with van der Waals surface area (Å²) in [5.74, 6) is 1.23. The maximum Gasteiger partial charge on any atom is 0.252 e. The fourth-order valence-electron chi connectivity index (χ4n) is 3.29. The van der Waals surface area contributed by atoms with Gasteiger partial charge in [-0.3, -0.25) is 4.79 Å². The van der Waals surface area contributed by atoms with Gasteiger partial charge >= 0.3 is 0 Å². The molecule has 22 heavy (non-hydrogen) atoms. The second kappa shape index (κ2) is 6.50. The molecule has 2 heterocycles. The van der Waals surface area contributed by atoms with Crippen molar-refractivity contribution in [1.29, 1.82) is 0 Å². The van der Waals surface area contributed by atoms with Crippen molar-refractivity contribution < 1.29 is 4.79 Å². The Balaban J connectivity index is 1.86. The summed E-state index contributed by atoms with van der Waals surface area (Å²) in [4.78, 5) is 15.2. The number of rotatable bonds is 4. The summed E-state index contributed by atoms with van der Waals surface area (Å²) in [5.41, 5.74) is 1.71. The third-order valence-corrected chi connectivity index (χ3v) is 5.53. The molecule has 0 unspecified atom stereocenters. The first-order chi connectivity index (χ1) is 10.6. The molecule has 0 bridgehead atoms. The summed E-state index contributed by atoms with van der Waals surface area (Å²) in [6.07, 6.45) is 1.71. The number of carbonyl (C=O) groups is 1. The molecule has 0 aliphatic carbocycles. The molecule has 3 rings (SSSR count). The highest BCUT2D eigenvalue weighted by Crippen LogP contribution is 2.38. The van der Waals surface area contributed by atoms with E-state index in [1.807, 2.05) is 34.9 Å². The number of anilines is 2. The van der Waals surface area contributed by atoms with Crippen molar-refractivity contribution in [1.82, 2.24) is 5.32 Å². The number of fused-ring (bicyclic) bond motifs is 1. The molecule has 1 aromatic carbocycles. The fourth-order valence-corrected chi connectivity index (χ4v) is 4.05. The van der Waals surface area contributed by atoms with Crippen molar-refractivity contribution in [3.63, 3.8) is 0 Å². The van der Waals surface area contributed by atoms with Crippen molar-refractivity contribution in [3.8, 4) is 0 Å². The first-order valence-electron chi connectivity index (χ1n) is 8.14. The average molecular weight is 319 g/mol. The van der Waals surface area contributed by atoms with Crippen LogP contribution in [0.4, 0.5) is 11.4 Å². The summed E-state index contributed by atoms with van der Waals surface area (Å²) in [7, 11) is 0. The molecule has 120 valence electrons. The van der Waals surface area contributed by atoms with Crippen molar-refractivity contribution in [2.45, 2.75) is 37.5 Å². The van der Waals surface area contributed by atoms with Crippen LogP contribution in [-0.2, 0) is 4.79 Å². The predicted octanol–water partition coefficient (Wildman–Crippen LogP) is 2.71. The Morgan fingerprint density at radius 1 is 1.27 bits per heavy atom. The van der Waals surface area contributed by atoms with Crippen LogP contribution in [0.15, 0.2) is 24.3 Å². The van der Waals surface area contributed by atoms with Crippen LogP contribution in [0.3, 0.4) is 0 Å². The number of hydrogen-bond donors (Lipinski definition) is 2. The lowest BCUT2D eigenvalue weighted by molar-refractivity contribution is -0.124. The molecule has 0 atom stereocenters. The number of carbonyl (C=O) groups excluding carboxylic acids is 1. The Morgan fingerprint density at radius 3 is 2.73 bits per heavy atom. The van der Waals surface area contributed by atoms with Crippen molar-refractivity contribution >= 4 is 29.0 Å². The molecule has 5 heteroatoms. The minimum atomic E-state index is -0.415. The van der Waals surface area contributed by atoms with Crippen molar-refractivity contribution in [2.24, 2.45) is 0 Å². The summed E-state index contributed by atoms with van der Waals surface area (Å²) in [6.45, 7) is 6.99. The third-order valence-electron chi connectivity index (χ3n) is 4.45. The van der Waals surface area contributed by atoms with E-state index in [-0.39, 0.29) is 5.91 Å². The van der Waals surface area contributed by atoms with Gasteiger partial charge in [0.05, 0.1) is 11.4 Å². The van der Waals surface area contributed by atoms with Crippen LogP contribution in [0.2, 0.25) is 0 Å². The van der Waals surface area contributed by atoms with E-state index < -0.39 is 5.54 Å². The van der Waals surface area contributed by atoms with E-state index in [9.17, 15) is 4.79 Å². The zero-order chi connectivity index (χ0) is 15.6. The highest BCUT2D eigenvalue weighted by atomic mass is 32.2. The number of para-hydroxylation sites is 2. The predicted molar refractivity (Wildman–Crippen MR) is 94.8 cm³/mol. The minimum Gasteiger partial charge on any atom is -0.369 e. The molecule has 1 amide bonds. The molecule has 2 aliphatic heterocycles. The van der Waals surface area contributed by atoms with E-state index in [0.29, 0.717) is 5.25 Å². The molecule has 0 aromatic heterocycles. The molecular formula is C17H25N3OS. The smallest absolute Gasteiger partial charge is 0.252 e. The fraction of sp³-hybridized carbons (Fsp3) is 0.588. The zero-order valence-electron chi connectivity index (χ0n) is 13.4. The molecule has 1 fully saturated rings. The van der Waals surface area contributed by atoms with Crippen LogP contribution in [0.1, 0.15) is 26.7 Å². The number of amides is 1. The van der Waals surface area contributed by atoms with E-state index in [2.05, 4.69) is 30.5 Å². The van der Waals surface area contributed by atoms with E-state index in [1.165, 1.54) is 0 Å². The SMILES string of the molecule is CC(C)SCCN1C(=O)C2(CCNCC2)Nc2ccccc21. The second-order valence-electron chi connectivity index (χ2n) is 6.35. The lowest BCUT2D eigenvalue weighted by Crippen LogP contribution is -2.61. The van der Waals surface area contributed by atoms with Gasteiger partial charge in [0, 0.05) is 12.3 Å². The number of nitrogens with zero attached hydrogens (tertiary/aromatic N) is 1. The van der Waals surface area contributed by atoms with Gasteiger partial charge in [-0.15, -0.1) is 0 Å². The maximum atomic E-state index is 13.2. The quantitative estimate of drug-likeness (QED) is 0.896. The van der Waals surface area contributed by atoms with E-state index in [1.54, 1.807) is 0 Å². The maximum absolute atomic E-state index is 13.2. The highest BCUT2D eigenvalue weighted by molar-refractivity contribution is 7.99. The Labute approximate surface area is 137 Å². The first-order valence-corrected chi connectivity index (χ1v) is 9.19. The van der Waals surface area contributed by atoms with Gasteiger partial charge in [-0.2, -0.15) is 11.8 Å². The van der Waals surface area contributed by atoms with Crippen LogP contribution >= 0.6 is 11.8 Å². The van der Waals surface area contributed by atoms with E-state index in [4.69, 9.17) is 0 Å². The Kier molecular flexibility index (Phi) is 4.64. The van der Waals surface area contributed by atoms with Gasteiger partial charge in [-0.05, 0) is 43.3 Å². The zero-order valence-corrected chi connectivity index (χ0v) is 14.2. The average Bonchev–Trinajstić information content (AvgIpc) is 2.52. The summed E-state index contributed by atoms with van der Waals surface area (Å²) >= 11 is 1.91. The molecule has 1 saturated heterocycles. The number of hydrogen-bond acceptors (Lipinski definition) is 4. The second-order valence-corrected chi connectivity index (χ2v) is 8.03. The molecular weight excluding hydrogens is 294 g/mol. The summed E-state index contributed by atoms with van der Waals surface area (Å²) in [5, 5.41) is 7.51. The monoisotopic (exact) mass is 319 g/mol. The van der Waals surface area contributed by atoms with Gasteiger partial charge in [0.2, 0.25) is 0 Å². The first kappa shape index (κ1) is 15.7. The van der Waals surface area contributed by atoms with Crippen LogP contribution in [0, 0.1) is 0 Å². The topological polar surface area (TPSA) is 44.4 Å². The van der Waals surface area contributed by atoms with Gasteiger partial charge in [0.25, 0.3) is 5.91 Å². The molecule has 1 spiro atoms. The number of piperidine rings is 1. The van der Waals surface area contributed by atoms with Crippen LogP contribution in [0.25, 0.3) is 0 Å². The van der Waals surface area contributed by atoms with Gasteiger partial charge in [-0.1, -0.05) is 26.0 Å². The van der Waals surface area contributed by atoms with Crippen LogP contribution < -0.4 is 15.5 Å². The normalized spacial score (nSPS) is 20.1. The molecule has 0 radical (unpaired) electrons. The number of thioether (sulfide) groups is 1. The number of nitrogens with one attached hydrogen (secondary N) is 2. The molecule has 4 nitrogen and oxygen atoms in total. The van der Waals surface area contributed by atoms with Gasteiger partial charge < -0.3 is 15.5 Å². The third kappa shape index (κ3) is 2.97. The summed E-state index contributed by atoms with van der Waals surface area (Å²) in [6, 6.07) is 8.19. The minimum absolute atomic E-state index is 0.247. The molecule has 2 N–H and O–H groups in total. The highest BCUT2D eigenvalue weighted by Gasteiger charge is 2.46. The Hall–Kier alpha value is -1.20. The Morgan fingerprint density at radius 2 is 2.00 bits per heavy atom. The standard InChI is InChI=1S/C17H25N3OS/c1-13(2)22-12-11-20-15-6-4-3-5-14(15)19-17(16(20)21)7-9-18-10-8-17/h3-6,13,18-19H,7-12H2,1-2H3. The molecule has 2 aliphatic rings. The Bertz CT molecular complexity index is 540. The van der Waals surface area contributed by atoms with Crippen LogP contribution in [0.5, 0.6) is 0 Å². The van der Waals surface area contributed by atoms with Gasteiger partial charge in [0.1, 0.15) is 5.54 Å². The van der Waals surface area contributed by atoms with E-state index in [0.717, 1.165) is 49.6 Å². The van der Waals surface area contributed by atoms with Gasteiger partial charge in [0.15, 0.2) is 0 Å². The number of benzene rings is 1. The van der Waals surface area contributed by atoms with Crippen LogP contribution in [-0.4, -0.2) is 42.1 Å².